The second kappa shape index (κ2) is 6.50. The van der Waals surface area contributed by atoms with E-state index < -0.39 is 0 Å². The van der Waals surface area contributed by atoms with Gasteiger partial charge in [0.1, 0.15) is 0 Å². The van der Waals surface area contributed by atoms with Crippen molar-refractivity contribution in [3.63, 3.8) is 0 Å². The summed E-state index contributed by atoms with van der Waals surface area (Å²) in [4.78, 5) is 9.49. The molecule has 4 aromatic rings. The Kier molecular flexibility index (Phi) is 4.17. The van der Waals surface area contributed by atoms with Crippen molar-refractivity contribution >= 4 is 33.1 Å². The van der Waals surface area contributed by atoms with Crippen molar-refractivity contribution in [3.05, 3.63) is 64.2 Å². The van der Waals surface area contributed by atoms with Crippen LogP contribution in [-0.2, 0) is 0 Å². The number of benzene rings is 2. The topological polar surface area (TPSA) is 53.9 Å². The van der Waals surface area contributed by atoms with E-state index in [1.165, 1.54) is 22.3 Å². The summed E-state index contributed by atoms with van der Waals surface area (Å²) < 4.78 is 0. The molecule has 0 bridgehead atoms. The van der Waals surface area contributed by atoms with E-state index in [0.717, 1.165) is 33.0 Å². The maximum atomic E-state index is 4.76. The minimum absolute atomic E-state index is 0.779. The smallest absolute Gasteiger partial charge is 0.209 e. The molecule has 0 fully saturated rings. The standard InChI is InChI=1S/C21H20N4S/c1-12-7-13(2)20(14(3)8-12)19-11-26-21(24-19)23-15(4)16-5-6-17-10-22-25-18(17)9-16/h5-11H,1-4H3,(H,22,25). The zero-order valence-corrected chi connectivity index (χ0v) is 16.1. The molecule has 0 saturated carbocycles. The molecule has 0 aliphatic heterocycles. The van der Waals surface area contributed by atoms with Crippen molar-refractivity contribution in [3.8, 4) is 11.3 Å². The second-order valence-electron chi connectivity index (χ2n) is 6.66. The fourth-order valence-electron chi connectivity index (χ4n) is 3.38. The van der Waals surface area contributed by atoms with Crippen LogP contribution in [0.5, 0.6) is 0 Å². The SMILES string of the molecule is CC(=Nc1nc(-c2c(C)cc(C)cc2C)cs1)c1ccc2cn[nH]c2c1. The number of aromatic amines is 1. The number of fused-ring (bicyclic) bond motifs is 1. The van der Waals surface area contributed by atoms with Crippen LogP contribution in [0.15, 0.2) is 46.9 Å². The van der Waals surface area contributed by atoms with E-state index in [2.05, 4.69) is 66.7 Å². The van der Waals surface area contributed by atoms with Gasteiger partial charge in [0.15, 0.2) is 0 Å². The molecular weight excluding hydrogens is 340 g/mol. The number of aliphatic imine (C=N–C) groups is 1. The highest BCUT2D eigenvalue weighted by atomic mass is 32.1. The van der Waals surface area contributed by atoms with E-state index in [-0.39, 0.29) is 0 Å². The van der Waals surface area contributed by atoms with Gasteiger partial charge >= 0.3 is 0 Å². The highest BCUT2D eigenvalue weighted by Crippen LogP contribution is 2.32. The molecule has 130 valence electrons. The van der Waals surface area contributed by atoms with Crippen molar-refractivity contribution in [1.82, 2.24) is 15.2 Å². The lowest BCUT2D eigenvalue weighted by atomic mass is 9.98. The van der Waals surface area contributed by atoms with Gasteiger partial charge in [-0.2, -0.15) is 5.10 Å². The minimum Gasteiger partial charge on any atom is -0.278 e. The Balaban J connectivity index is 1.68. The van der Waals surface area contributed by atoms with Crippen molar-refractivity contribution in [2.75, 3.05) is 0 Å². The number of thiazole rings is 1. The maximum Gasteiger partial charge on any atom is 0.209 e. The lowest BCUT2D eigenvalue weighted by molar-refractivity contribution is 1.12. The average Bonchev–Trinajstić information content (AvgIpc) is 3.22. The molecule has 2 heterocycles. The molecule has 0 saturated heterocycles. The highest BCUT2D eigenvalue weighted by Gasteiger charge is 2.11. The molecule has 2 aromatic carbocycles. The Hall–Kier alpha value is -2.79. The molecule has 1 N–H and O–H groups in total. The predicted octanol–water partition coefficient (Wildman–Crippen LogP) is 5.75. The molecule has 0 unspecified atom stereocenters. The first kappa shape index (κ1) is 16.7. The van der Waals surface area contributed by atoms with Gasteiger partial charge in [-0.1, -0.05) is 29.8 Å². The Labute approximate surface area is 156 Å². The van der Waals surface area contributed by atoms with E-state index in [1.54, 1.807) is 11.3 Å². The number of aromatic nitrogens is 3. The van der Waals surface area contributed by atoms with Crippen molar-refractivity contribution in [1.29, 1.82) is 0 Å². The summed E-state index contributed by atoms with van der Waals surface area (Å²) in [5, 5.41) is 11.0. The van der Waals surface area contributed by atoms with Crippen LogP contribution in [0.4, 0.5) is 5.13 Å². The van der Waals surface area contributed by atoms with Crippen LogP contribution in [-0.4, -0.2) is 20.9 Å². The third-order valence-electron chi connectivity index (χ3n) is 4.55. The lowest BCUT2D eigenvalue weighted by Crippen LogP contribution is -1.93. The Morgan fingerprint density at radius 1 is 1.08 bits per heavy atom. The molecule has 5 heteroatoms. The van der Waals surface area contributed by atoms with E-state index >= 15 is 0 Å². The van der Waals surface area contributed by atoms with E-state index in [0.29, 0.717) is 0 Å². The summed E-state index contributed by atoms with van der Waals surface area (Å²) in [6.07, 6.45) is 1.82. The number of hydrogen-bond acceptors (Lipinski definition) is 4. The van der Waals surface area contributed by atoms with Gasteiger partial charge in [-0.25, -0.2) is 9.98 Å². The highest BCUT2D eigenvalue weighted by molar-refractivity contribution is 7.13. The molecule has 4 rings (SSSR count). The van der Waals surface area contributed by atoms with Gasteiger partial charge in [0.05, 0.1) is 17.4 Å². The number of H-pyrrole nitrogens is 1. The molecule has 0 aliphatic carbocycles. The molecular formula is C21H20N4S. The normalized spacial score (nSPS) is 12.1. The van der Waals surface area contributed by atoms with E-state index in [1.807, 2.05) is 13.1 Å². The summed E-state index contributed by atoms with van der Waals surface area (Å²) in [6.45, 7) is 8.42. The van der Waals surface area contributed by atoms with Crippen LogP contribution >= 0.6 is 11.3 Å². The van der Waals surface area contributed by atoms with Gasteiger partial charge in [0.25, 0.3) is 0 Å². The number of hydrogen-bond donors (Lipinski definition) is 1. The first-order chi connectivity index (χ1) is 12.5. The number of aryl methyl sites for hydroxylation is 3. The van der Waals surface area contributed by atoms with Gasteiger partial charge in [-0.3, -0.25) is 5.10 Å². The third-order valence-corrected chi connectivity index (χ3v) is 5.28. The summed E-state index contributed by atoms with van der Waals surface area (Å²) in [6, 6.07) is 10.6. The molecule has 4 nitrogen and oxygen atoms in total. The van der Waals surface area contributed by atoms with Gasteiger partial charge in [0.2, 0.25) is 5.13 Å². The Morgan fingerprint density at radius 3 is 2.62 bits per heavy atom. The Bertz CT molecular complexity index is 1110. The molecule has 26 heavy (non-hydrogen) atoms. The average molecular weight is 360 g/mol. The van der Waals surface area contributed by atoms with Crippen LogP contribution < -0.4 is 0 Å². The van der Waals surface area contributed by atoms with Gasteiger partial charge in [-0.05, 0) is 50.5 Å². The van der Waals surface area contributed by atoms with E-state index in [9.17, 15) is 0 Å². The zero-order chi connectivity index (χ0) is 18.3. The fourth-order valence-corrected chi connectivity index (χ4v) is 4.11. The molecule has 0 spiro atoms. The summed E-state index contributed by atoms with van der Waals surface area (Å²) in [7, 11) is 0. The first-order valence-electron chi connectivity index (χ1n) is 8.54. The third kappa shape index (κ3) is 3.06. The van der Waals surface area contributed by atoms with Crippen molar-refractivity contribution in [2.45, 2.75) is 27.7 Å². The molecule has 0 aliphatic rings. The van der Waals surface area contributed by atoms with Crippen LogP contribution in [0.2, 0.25) is 0 Å². The van der Waals surface area contributed by atoms with Crippen LogP contribution in [0.1, 0.15) is 29.2 Å². The van der Waals surface area contributed by atoms with Crippen LogP contribution in [0.25, 0.3) is 22.2 Å². The Morgan fingerprint density at radius 2 is 1.85 bits per heavy atom. The van der Waals surface area contributed by atoms with Crippen LogP contribution in [0, 0.1) is 20.8 Å². The predicted molar refractivity (Wildman–Crippen MR) is 110 cm³/mol. The quantitative estimate of drug-likeness (QED) is 0.473. The van der Waals surface area contributed by atoms with Crippen molar-refractivity contribution < 1.29 is 0 Å². The number of rotatable bonds is 3. The van der Waals surface area contributed by atoms with Crippen LogP contribution in [0.3, 0.4) is 0 Å². The van der Waals surface area contributed by atoms with Gasteiger partial charge < -0.3 is 0 Å². The van der Waals surface area contributed by atoms with E-state index in [4.69, 9.17) is 9.98 Å². The van der Waals surface area contributed by atoms with Crippen molar-refractivity contribution in [2.24, 2.45) is 4.99 Å². The monoisotopic (exact) mass is 360 g/mol. The second-order valence-corrected chi connectivity index (χ2v) is 7.49. The maximum absolute atomic E-state index is 4.76. The van der Waals surface area contributed by atoms with Gasteiger partial charge in [-0.15, -0.1) is 11.3 Å². The molecule has 0 radical (unpaired) electrons. The summed E-state index contributed by atoms with van der Waals surface area (Å²) in [5.41, 5.74) is 9.03. The fraction of sp³-hybridized carbons (Fsp3) is 0.190. The summed E-state index contributed by atoms with van der Waals surface area (Å²) >= 11 is 1.58. The number of nitrogens with one attached hydrogen (secondary N) is 1. The largest absolute Gasteiger partial charge is 0.278 e. The minimum atomic E-state index is 0.779. The van der Waals surface area contributed by atoms with Gasteiger partial charge in [0, 0.05) is 22.0 Å². The number of nitrogens with zero attached hydrogens (tertiary/aromatic N) is 3. The molecule has 2 aromatic heterocycles. The first-order valence-corrected chi connectivity index (χ1v) is 9.42. The lowest BCUT2D eigenvalue weighted by Gasteiger charge is -2.08. The zero-order valence-electron chi connectivity index (χ0n) is 15.3. The summed E-state index contributed by atoms with van der Waals surface area (Å²) in [5.74, 6) is 0. The molecule has 0 amide bonds. The molecule has 0 atom stereocenters.